The smallest absolute Gasteiger partial charge is 0.414 e. The standard InChI is InChI=1S/C16H25NO2.C2H2O4/c1-13(2)15-7-3-4-8-16(15)19-11-9-17-12-14-6-5-10-18-14;3-1(4)2(5)6/h3-4,7-8,13-14,17H,5-6,9-12H2,1-2H3;(H,3,4)(H,5,6). The maximum Gasteiger partial charge on any atom is 0.414 e. The second kappa shape index (κ2) is 11.4. The van der Waals surface area contributed by atoms with E-state index in [4.69, 9.17) is 29.3 Å². The van der Waals surface area contributed by atoms with E-state index in [9.17, 15) is 0 Å². The predicted octanol–water partition coefficient (Wildman–Crippen LogP) is 2.11. The SMILES string of the molecule is CC(C)c1ccccc1OCCNCC1CCCO1.O=C(O)C(=O)O. The number of carboxylic acids is 2. The van der Waals surface area contributed by atoms with Crippen molar-refractivity contribution in [3.8, 4) is 5.75 Å². The Kier molecular flexibility index (Phi) is 9.57. The largest absolute Gasteiger partial charge is 0.492 e. The molecule has 3 N–H and O–H groups in total. The van der Waals surface area contributed by atoms with Crippen LogP contribution < -0.4 is 10.1 Å². The quantitative estimate of drug-likeness (QED) is 0.509. The van der Waals surface area contributed by atoms with Gasteiger partial charge < -0.3 is 25.0 Å². The van der Waals surface area contributed by atoms with E-state index in [1.165, 1.54) is 18.4 Å². The van der Waals surface area contributed by atoms with Crippen LogP contribution in [0.1, 0.15) is 38.2 Å². The van der Waals surface area contributed by atoms with Crippen LogP contribution in [0.3, 0.4) is 0 Å². The second-order valence-corrected chi connectivity index (χ2v) is 5.99. The summed E-state index contributed by atoms with van der Waals surface area (Å²) in [5, 5.41) is 18.2. The van der Waals surface area contributed by atoms with Gasteiger partial charge in [-0.15, -0.1) is 0 Å². The number of hydrogen-bond acceptors (Lipinski definition) is 5. The van der Waals surface area contributed by atoms with Crippen molar-refractivity contribution in [1.82, 2.24) is 5.32 Å². The van der Waals surface area contributed by atoms with E-state index < -0.39 is 11.9 Å². The average Bonchev–Trinajstić information content (AvgIpc) is 3.08. The first-order valence-electron chi connectivity index (χ1n) is 8.42. The molecule has 0 aromatic heterocycles. The van der Waals surface area contributed by atoms with E-state index in [2.05, 4.69) is 37.4 Å². The number of rotatable bonds is 7. The second-order valence-electron chi connectivity index (χ2n) is 5.99. The van der Waals surface area contributed by atoms with Gasteiger partial charge in [-0.05, 0) is 30.4 Å². The van der Waals surface area contributed by atoms with E-state index in [0.29, 0.717) is 18.6 Å². The maximum atomic E-state index is 9.10. The molecule has 1 heterocycles. The number of para-hydroxylation sites is 1. The van der Waals surface area contributed by atoms with E-state index in [-0.39, 0.29) is 0 Å². The van der Waals surface area contributed by atoms with Crippen molar-refractivity contribution in [2.45, 2.75) is 38.7 Å². The van der Waals surface area contributed by atoms with Crippen LogP contribution in [0.2, 0.25) is 0 Å². The number of hydrogen-bond donors (Lipinski definition) is 3. The molecular weight excluding hydrogens is 326 g/mol. The topological polar surface area (TPSA) is 105 Å². The zero-order valence-corrected chi connectivity index (χ0v) is 14.7. The highest BCUT2D eigenvalue weighted by Crippen LogP contribution is 2.25. The fourth-order valence-electron chi connectivity index (χ4n) is 2.39. The van der Waals surface area contributed by atoms with Gasteiger partial charge in [0.05, 0.1) is 6.10 Å². The average molecular weight is 353 g/mol. The van der Waals surface area contributed by atoms with Gasteiger partial charge in [0.2, 0.25) is 0 Å². The summed E-state index contributed by atoms with van der Waals surface area (Å²) in [6, 6.07) is 8.29. The molecular formula is C18H27NO6. The van der Waals surface area contributed by atoms with Crippen LogP contribution in [0, 0.1) is 0 Å². The normalized spacial score (nSPS) is 16.2. The zero-order valence-electron chi connectivity index (χ0n) is 14.7. The minimum absolute atomic E-state index is 0.406. The van der Waals surface area contributed by atoms with E-state index in [1.807, 2.05) is 6.07 Å². The molecule has 140 valence electrons. The lowest BCUT2D eigenvalue weighted by atomic mass is 10.0. The van der Waals surface area contributed by atoms with Crippen LogP contribution >= 0.6 is 0 Å². The minimum atomic E-state index is -1.82. The van der Waals surface area contributed by atoms with Crippen molar-refractivity contribution >= 4 is 11.9 Å². The summed E-state index contributed by atoms with van der Waals surface area (Å²) in [7, 11) is 0. The van der Waals surface area contributed by atoms with Crippen LogP contribution in [-0.4, -0.2) is 54.6 Å². The van der Waals surface area contributed by atoms with Crippen molar-refractivity contribution < 1.29 is 29.3 Å². The molecule has 1 aromatic rings. The molecule has 0 amide bonds. The molecule has 7 nitrogen and oxygen atoms in total. The molecule has 1 atom stereocenters. The molecule has 1 aliphatic heterocycles. The Hall–Kier alpha value is -2.12. The lowest BCUT2D eigenvalue weighted by Gasteiger charge is -2.15. The molecule has 0 spiro atoms. The van der Waals surface area contributed by atoms with E-state index in [0.717, 1.165) is 25.4 Å². The molecule has 0 radical (unpaired) electrons. The summed E-state index contributed by atoms with van der Waals surface area (Å²) >= 11 is 0. The van der Waals surface area contributed by atoms with Crippen LogP contribution in [0.15, 0.2) is 24.3 Å². The summed E-state index contributed by atoms with van der Waals surface area (Å²) in [6.07, 6.45) is 2.79. The summed E-state index contributed by atoms with van der Waals surface area (Å²) < 4.78 is 11.4. The number of aliphatic carboxylic acids is 2. The van der Waals surface area contributed by atoms with Crippen molar-refractivity contribution in [2.24, 2.45) is 0 Å². The highest BCUT2D eigenvalue weighted by molar-refractivity contribution is 6.27. The third-order valence-corrected chi connectivity index (χ3v) is 3.66. The Morgan fingerprint density at radius 3 is 2.52 bits per heavy atom. The number of benzene rings is 1. The Balaban J connectivity index is 0.000000450. The number of ether oxygens (including phenoxy) is 2. The van der Waals surface area contributed by atoms with Crippen molar-refractivity contribution in [1.29, 1.82) is 0 Å². The summed E-state index contributed by atoms with van der Waals surface area (Å²) in [5.41, 5.74) is 1.28. The maximum absolute atomic E-state index is 9.10. The highest BCUT2D eigenvalue weighted by Gasteiger charge is 2.14. The molecule has 1 saturated heterocycles. The molecule has 1 aromatic carbocycles. The summed E-state index contributed by atoms with van der Waals surface area (Å²) in [6.45, 7) is 7.82. The van der Waals surface area contributed by atoms with Gasteiger partial charge in [0, 0.05) is 19.7 Å². The summed E-state index contributed by atoms with van der Waals surface area (Å²) in [5.74, 6) is -2.14. The van der Waals surface area contributed by atoms with Gasteiger partial charge in [-0.2, -0.15) is 0 Å². The number of carboxylic acid groups (broad SMARTS) is 2. The molecule has 0 bridgehead atoms. The van der Waals surface area contributed by atoms with Crippen LogP contribution in [0.25, 0.3) is 0 Å². The van der Waals surface area contributed by atoms with Crippen molar-refractivity contribution in [3.63, 3.8) is 0 Å². The van der Waals surface area contributed by atoms with Gasteiger partial charge in [-0.25, -0.2) is 9.59 Å². The monoisotopic (exact) mass is 353 g/mol. The Morgan fingerprint density at radius 1 is 1.28 bits per heavy atom. The van der Waals surface area contributed by atoms with Crippen molar-refractivity contribution in [3.05, 3.63) is 29.8 Å². The predicted molar refractivity (Wildman–Crippen MR) is 93.1 cm³/mol. The molecule has 1 unspecified atom stereocenters. The van der Waals surface area contributed by atoms with E-state index >= 15 is 0 Å². The molecule has 25 heavy (non-hydrogen) atoms. The van der Waals surface area contributed by atoms with Gasteiger partial charge in [-0.1, -0.05) is 32.0 Å². The van der Waals surface area contributed by atoms with Gasteiger partial charge in [0.25, 0.3) is 0 Å². The summed E-state index contributed by atoms with van der Waals surface area (Å²) in [4.78, 5) is 18.2. The highest BCUT2D eigenvalue weighted by atomic mass is 16.5. The third-order valence-electron chi connectivity index (χ3n) is 3.66. The fourth-order valence-corrected chi connectivity index (χ4v) is 2.39. The number of carbonyl (C=O) groups is 2. The van der Waals surface area contributed by atoms with Gasteiger partial charge in [0.1, 0.15) is 12.4 Å². The van der Waals surface area contributed by atoms with E-state index in [1.54, 1.807) is 0 Å². The van der Waals surface area contributed by atoms with Crippen LogP contribution in [-0.2, 0) is 14.3 Å². The fraction of sp³-hybridized carbons (Fsp3) is 0.556. The lowest BCUT2D eigenvalue weighted by Crippen LogP contribution is -2.29. The lowest BCUT2D eigenvalue weighted by molar-refractivity contribution is -0.159. The minimum Gasteiger partial charge on any atom is -0.492 e. The Bertz CT molecular complexity index is 528. The van der Waals surface area contributed by atoms with Gasteiger partial charge >= 0.3 is 11.9 Å². The van der Waals surface area contributed by atoms with Crippen molar-refractivity contribution in [2.75, 3.05) is 26.3 Å². The zero-order chi connectivity index (χ0) is 18.7. The van der Waals surface area contributed by atoms with Gasteiger partial charge in [-0.3, -0.25) is 0 Å². The van der Waals surface area contributed by atoms with Crippen LogP contribution in [0.5, 0.6) is 5.75 Å². The molecule has 7 heteroatoms. The number of nitrogens with one attached hydrogen (secondary N) is 1. The molecule has 1 aliphatic rings. The first-order valence-corrected chi connectivity index (χ1v) is 8.42. The Morgan fingerprint density at radius 2 is 1.96 bits per heavy atom. The van der Waals surface area contributed by atoms with Gasteiger partial charge in [0.15, 0.2) is 0 Å². The molecule has 2 rings (SSSR count). The molecule has 1 fully saturated rings. The third kappa shape index (κ3) is 8.51. The first kappa shape index (κ1) is 20.9. The molecule has 0 saturated carbocycles. The molecule has 0 aliphatic carbocycles. The Labute approximate surface area is 147 Å². The van der Waals surface area contributed by atoms with Crippen LogP contribution in [0.4, 0.5) is 0 Å². The first-order chi connectivity index (χ1) is 11.9.